The Hall–Kier alpha value is -1.76. The minimum atomic E-state index is -4.41. The minimum Gasteiger partial charge on any atom is -0.334 e. The summed E-state index contributed by atoms with van der Waals surface area (Å²) in [5.74, 6) is 0. The van der Waals surface area contributed by atoms with Gasteiger partial charge in [0.05, 0.1) is 5.56 Å². The number of rotatable bonds is 3. The van der Waals surface area contributed by atoms with E-state index in [1.54, 1.807) is 6.07 Å². The van der Waals surface area contributed by atoms with E-state index in [1.807, 2.05) is 0 Å². The number of hydrogen-bond donors (Lipinski definition) is 1. The fourth-order valence-electron chi connectivity index (χ4n) is 3.78. The molecule has 2 aliphatic heterocycles. The van der Waals surface area contributed by atoms with Gasteiger partial charge in [0, 0.05) is 32.2 Å². The van der Waals surface area contributed by atoms with E-state index < -0.39 is 11.7 Å². The van der Waals surface area contributed by atoms with Crippen LogP contribution in [-0.2, 0) is 12.7 Å². The van der Waals surface area contributed by atoms with Gasteiger partial charge in [-0.1, -0.05) is 18.2 Å². The van der Waals surface area contributed by atoms with Crippen molar-refractivity contribution in [1.82, 2.24) is 15.1 Å². The number of amides is 2. The molecule has 2 heterocycles. The van der Waals surface area contributed by atoms with Gasteiger partial charge >= 0.3 is 12.2 Å². The summed E-state index contributed by atoms with van der Waals surface area (Å²) in [7, 11) is 1.53. The number of halogens is 3. The summed E-state index contributed by atoms with van der Waals surface area (Å²) in [4.78, 5) is 16.1. The second kappa shape index (κ2) is 6.63. The van der Waals surface area contributed by atoms with Gasteiger partial charge in [0.2, 0.25) is 0 Å². The first-order chi connectivity index (χ1) is 11.4. The highest BCUT2D eigenvalue weighted by Gasteiger charge is 2.38. The SMILES string of the molecule is CN(Cc1ccccc1C(F)(F)F)C(=O)N[C@@H]1CCN2CCC[C@H]12. The van der Waals surface area contributed by atoms with E-state index in [2.05, 4.69) is 10.2 Å². The van der Waals surface area contributed by atoms with Crippen LogP contribution in [0.1, 0.15) is 30.4 Å². The summed E-state index contributed by atoms with van der Waals surface area (Å²) in [6.45, 7) is 1.99. The van der Waals surface area contributed by atoms with Crippen molar-refractivity contribution in [1.29, 1.82) is 0 Å². The van der Waals surface area contributed by atoms with Crippen molar-refractivity contribution >= 4 is 6.03 Å². The summed E-state index contributed by atoms with van der Waals surface area (Å²) in [5, 5.41) is 2.99. The number of hydrogen-bond acceptors (Lipinski definition) is 2. The van der Waals surface area contributed by atoms with Gasteiger partial charge in [-0.15, -0.1) is 0 Å². The van der Waals surface area contributed by atoms with Crippen LogP contribution in [0.4, 0.5) is 18.0 Å². The van der Waals surface area contributed by atoms with Gasteiger partial charge < -0.3 is 10.2 Å². The first kappa shape index (κ1) is 17.1. The summed E-state index contributed by atoms with van der Waals surface area (Å²) < 4.78 is 39.1. The molecule has 1 aromatic rings. The lowest BCUT2D eigenvalue weighted by Crippen LogP contribution is -2.47. The van der Waals surface area contributed by atoms with Gasteiger partial charge in [0.1, 0.15) is 0 Å². The molecular formula is C17H22F3N3O. The summed E-state index contributed by atoms with van der Waals surface area (Å²) in [6, 6.07) is 5.55. The number of carbonyl (C=O) groups excluding carboxylic acids is 1. The summed E-state index contributed by atoms with van der Waals surface area (Å²) >= 11 is 0. The first-order valence-electron chi connectivity index (χ1n) is 8.27. The monoisotopic (exact) mass is 341 g/mol. The molecule has 0 saturated carbocycles. The molecule has 24 heavy (non-hydrogen) atoms. The van der Waals surface area contributed by atoms with Gasteiger partial charge in [-0.2, -0.15) is 13.2 Å². The van der Waals surface area contributed by atoms with Crippen LogP contribution in [0.2, 0.25) is 0 Å². The lowest BCUT2D eigenvalue weighted by molar-refractivity contribution is -0.138. The van der Waals surface area contributed by atoms with E-state index in [0.717, 1.165) is 38.4 Å². The largest absolute Gasteiger partial charge is 0.416 e. The molecule has 2 atom stereocenters. The number of urea groups is 1. The molecule has 4 nitrogen and oxygen atoms in total. The zero-order chi connectivity index (χ0) is 17.3. The maximum atomic E-state index is 13.0. The summed E-state index contributed by atoms with van der Waals surface area (Å²) in [6.07, 6.45) is -1.29. The third kappa shape index (κ3) is 3.50. The van der Waals surface area contributed by atoms with Crippen molar-refractivity contribution in [2.75, 3.05) is 20.1 Å². The van der Waals surface area contributed by atoms with Crippen molar-refractivity contribution in [3.05, 3.63) is 35.4 Å². The molecule has 7 heteroatoms. The van der Waals surface area contributed by atoms with E-state index in [9.17, 15) is 18.0 Å². The quantitative estimate of drug-likeness (QED) is 0.917. The molecule has 0 bridgehead atoms. The highest BCUT2D eigenvalue weighted by atomic mass is 19.4. The molecular weight excluding hydrogens is 319 g/mol. The number of benzene rings is 1. The van der Waals surface area contributed by atoms with Crippen LogP contribution in [0, 0.1) is 0 Å². The number of fused-ring (bicyclic) bond motifs is 1. The molecule has 1 aromatic carbocycles. The van der Waals surface area contributed by atoms with Crippen LogP contribution in [0.25, 0.3) is 0 Å². The predicted octanol–water partition coefficient (Wildman–Crippen LogP) is 3.08. The second-order valence-corrected chi connectivity index (χ2v) is 6.60. The van der Waals surface area contributed by atoms with E-state index in [-0.39, 0.29) is 24.2 Å². The lowest BCUT2D eigenvalue weighted by Gasteiger charge is -2.25. The van der Waals surface area contributed by atoms with Crippen molar-refractivity contribution < 1.29 is 18.0 Å². The van der Waals surface area contributed by atoms with Crippen LogP contribution in [-0.4, -0.2) is 48.1 Å². The normalized spacial score (nSPS) is 24.0. The van der Waals surface area contributed by atoms with Crippen LogP contribution < -0.4 is 5.32 Å². The Balaban J connectivity index is 1.63. The maximum absolute atomic E-state index is 13.0. The molecule has 0 aromatic heterocycles. The fraction of sp³-hybridized carbons (Fsp3) is 0.588. The van der Waals surface area contributed by atoms with Crippen LogP contribution in [0.5, 0.6) is 0 Å². The Bertz CT molecular complexity index is 605. The predicted molar refractivity (Wildman–Crippen MR) is 84.4 cm³/mol. The molecule has 0 radical (unpaired) electrons. The Morgan fingerprint density at radius 1 is 1.29 bits per heavy atom. The molecule has 0 spiro atoms. The van der Waals surface area contributed by atoms with Crippen LogP contribution in [0.15, 0.2) is 24.3 Å². The standard InChI is InChI=1S/C17H22F3N3O/c1-22(11-12-5-2-3-6-13(12)17(18,19)20)16(24)21-14-8-10-23-9-4-7-15(14)23/h2-3,5-6,14-15H,4,7-11H2,1H3,(H,21,24)/t14-,15-/m1/s1. The van der Waals surface area contributed by atoms with Crippen LogP contribution >= 0.6 is 0 Å². The highest BCUT2D eigenvalue weighted by Crippen LogP contribution is 2.32. The lowest BCUT2D eigenvalue weighted by atomic mass is 10.1. The molecule has 2 amide bonds. The Morgan fingerprint density at radius 3 is 2.79 bits per heavy atom. The smallest absolute Gasteiger partial charge is 0.334 e. The van der Waals surface area contributed by atoms with Gasteiger partial charge in [-0.3, -0.25) is 4.90 Å². The molecule has 2 aliphatic rings. The van der Waals surface area contributed by atoms with Crippen molar-refractivity contribution in [3.63, 3.8) is 0 Å². The van der Waals surface area contributed by atoms with Crippen molar-refractivity contribution in [2.24, 2.45) is 0 Å². The third-order valence-electron chi connectivity index (χ3n) is 4.99. The average molecular weight is 341 g/mol. The number of nitrogens with zero attached hydrogens (tertiary/aromatic N) is 2. The molecule has 3 rings (SSSR count). The van der Waals surface area contributed by atoms with Gasteiger partial charge in [0.25, 0.3) is 0 Å². The Morgan fingerprint density at radius 2 is 2.04 bits per heavy atom. The van der Waals surface area contributed by atoms with Gasteiger partial charge in [0.15, 0.2) is 0 Å². The summed E-state index contributed by atoms with van der Waals surface area (Å²) in [5.41, 5.74) is -0.580. The molecule has 2 saturated heterocycles. The molecule has 0 aliphatic carbocycles. The Labute approximate surface area is 139 Å². The molecule has 1 N–H and O–H groups in total. The fourth-order valence-corrected chi connectivity index (χ4v) is 3.78. The zero-order valence-corrected chi connectivity index (χ0v) is 13.6. The first-order valence-corrected chi connectivity index (χ1v) is 8.27. The minimum absolute atomic E-state index is 0.0668. The highest BCUT2D eigenvalue weighted by molar-refractivity contribution is 5.74. The van der Waals surface area contributed by atoms with E-state index in [0.29, 0.717) is 6.04 Å². The topological polar surface area (TPSA) is 35.6 Å². The van der Waals surface area contributed by atoms with Gasteiger partial charge in [-0.05, 0) is 37.4 Å². The van der Waals surface area contributed by atoms with E-state index in [4.69, 9.17) is 0 Å². The Kier molecular flexibility index (Phi) is 4.71. The number of alkyl halides is 3. The molecule has 132 valence electrons. The van der Waals surface area contributed by atoms with Gasteiger partial charge in [-0.25, -0.2) is 4.79 Å². The van der Waals surface area contributed by atoms with E-state index >= 15 is 0 Å². The number of carbonyl (C=O) groups is 1. The average Bonchev–Trinajstić information content (AvgIpc) is 3.11. The van der Waals surface area contributed by atoms with Crippen molar-refractivity contribution in [2.45, 2.75) is 44.1 Å². The maximum Gasteiger partial charge on any atom is 0.416 e. The molecule has 2 fully saturated rings. The zero-order valence-electron chi connectivity index (χ0n) is 13.6. The van der Waals surface area contributed by atoms with Crippen molar-refractivity contribution in [3.8, 4) is 0 Å². The number of nitrogens with one attached hydrogen (secondary N) is 1. The van der Waals surface area contributed by atoms with Crippen LogP contribution in [0.3, 0.4) is 0 Å². The van der Waals surface area contributed by atoms with E-state index in [1.165, 1.54) is 24.1 Å². The second-order valence-electron chi connectivity index (χ2n) is 6.60. The molecule has 0 unspecified atom stereocenters. The third-order valence-corrected chi connectivity index (χ3v) is 4.99.